The maximum atomic E-state index is 3.46. The lowest BCUT2D eigenvalue weighted by atomic mass is 9.83. The van der Waals surface area contributed by atoms with Gasteiger partial charge in [0, 0.05) is 6.04 Å². The number of nitrogens with one attached hydrogen (secondary N) is 1. The van der Waals surface area contributed by atoms with Crippen molar-refractivity contribution in [1.29, 1.82) is 0 Å². The van der Waals surface area contributed by atoms with Crippen LogP contribution in [0.25, 0.3) is 0 Å². The minimum Gasteiger partial charge on any atom is -0.316 e. The first kappa shape index (κ1) is 17.0. The lowest BCUT2D eigenvalue weighted by Gasteiger charge is -2.30. The van der Waals surface area contributed by atoms with Crippen LogP contribution in [0.2, 0.25) is 0 Å². The molecule has 0 aliphatic heterocycles. The van der Waals surface area contributed by atoms with E-state index in [-0.39, 0.29) is 0 Å². The van der Waals surface area contributed by atoms with E-state index < -0.39 is 0 Å². The highest BCUT2D eigenvalue weighted by atomic mass is 14.9. The highest BCUT2D eigenvalue weighted by Crippen LogP contribution is 2.23. The summed E-state index contributed by atoms with van der Waals surface area (Å²) in [5.41, 5.74) is 0.399. The van der Waals surface area contributed by atoms with E-state index in [1.807, 2.05) is 0 Å². The van der Waals surface area contributed by atoms with Crippen LogP contribution in [0.3, 0.4) is 0 Å². The lowest BCUT2D eigenvalue weighted by molar-refractivity contribution is 0.261. The van der Waals surface area contributed by atoms with E-state index in [0.29, 0.717) is 11.5 Å². The minimum absolute atomic E-state index is 0.399. The first-order valence-electron chi connectivity index (χ1n) is 7.69. The van der Waals surface area contributed by atoms with E-state index in [1.165, 1.54) is 57.8 Å². The van der Waals surface area contributed by atoms with Gasteiger partial charge in [0.2, 0.25) is 0 Å². The van der Waals surface area contributed by atoms with Crippen LogP contribution in [0.5, 0.6) is 0 Å². The van der Waals surface area contributed by atoms with Crippen LogP contribution in [-0.2, 0) is 0 Å². The van der Waals surface area contributed by atoms with Crippen LogP contribution in [0.4, 0.5) is 0 Å². The molecule has 1 unspecified atom stereocenters. The molecule has 1 N–H and O–H groups in total. The third-order valence-corrected chi connectivity index (χ3v) is 3.74. The standard InChI is InChI=1S/C16H35N/c1-6-7-8-9-10-11-12-13-14-15(17-5)16(2,3)4/h15,17H,6-14H2,1-5H3. The second kappa shape index (κ2) is 9.94. The van der Waals surface area contributed by atoms with Crippen molar-refractivity contribution < 1.29 is 0 Å². The monoisotopic (exact) mass is 241 g/mol. The Morgan fingerprint density at radius 3 is 1.71 bits per heavy atom. The molecule has 1 atom stereocenters. The molecule has 0 saturated carbocycles. The highest BCUT2D eigenvalue weighted by molar-refractivity contribution is 4.78. The number of rotatable bonds is 10. The molecular formula is C16H35N. The Kier molecular flexibility index (Phi) is 9.91. The van der Waals surface area contributed by atoms with Gasteiger partial charge < -0.3 is 5.32 Å². The molecule has 0 aliphatic rings. The Bertz CT molecular complexity index is 157. The molecule has 0 aliphatic carbocycles. The van der Waals surface area contributed by atoms with E-state index in [2.05, 4.69) is 40.1 Å². The van der Waals surface area contributed by atoms with E-state index in [0.717, 1.165) is 0 Å². The summed E-state index contributed by atoms with van der Waals surface area (Å²) in [4.78, 5) is 0. The van der Waals surface area contributed by atoms with Gasteiger partial charge in [-0.2, -0.15) is 0 Å². The quantitative estimate of drug-likeness (QED) is 0.521. The Morgan fingerprint density at radius 2 is 1.29 bits per heavy atom. The van der Waals surface area contributed by atoms with Crippen molar-refractivity contribution in [3.63, 3.8) is 0 Å². The zero-order valence-corrected chi connectivity index (χ0v) is 12.9. The molecule has 0 bridgehead atoms. The fourth-order valence-electron chi connectivity index (χ4n) is 2.49. The fraction of sp³-hybridized carbons (Fsp3) is 1.00. The molecule has 1 heteroatoms. The largest absolute Gasteiger partial charge is 0.316 e. The van der Waals surface area contributed by atoms with Crippen LogP contribution in [0, 0.1) is 5.41 Å². The maximum Gasteiger partial charge on any atom is 0.0113 e. The van der Waals surface area contributed by atoms with Gasteiger partial charge in [0.05, 0.1) is 0 Å². The zero-order valence-electron chi connectivity index (χ0n) is 12.9. The second-order valence-electron chi connectivity index (χ2n) is 6.47. The summed E-state index contributed by atoms with van der Waals surface area (Å²) < 4.78 is 0. The van der Waals surface area contributed by atoms with Crippen molar-refractivity contribution in [3.8, 4) is 0 Å². The predicted molar refractivity (Wildman–Crippen MR) is 79.5 cm³/mol. The third-order valence-electron chi connectivity index (χ3n) is 3.74. The summed E-state index contributed by atoms with van der Waals surface area (Å²) in [6.45, 7) is 9.28. The van der Waals surface area contributed by atoms with E-state index >= 15 is 0 Å². The molecular weight excluding hydrogens is 206 g/mol. The Hall–Kier alpha value is -0.0400. The fourth-order valence-corrected chi connectivity index (χ4v) is 2.49. The van der Waals surface area contributed by atoms with Gasteiger partial charge in [-0.25, -0.2) is 0 Å². The predicted octanol–water partition coefficient (Wildman–Crippen LogP) is 5.15. The normalized spacial score (nSPS) is 13.9. The molecule has 0 spiro atoms. The van der Waals surface area contributed by atoms with Crippen LogP contribution in [0.1, 0.15) is 85.5 Å². The lowest BCUT2D eigenvalue weighted by Crippen LogP contribution is -2.37. The highest BCUT2D eigenvalue weighted by Gasteiger charge is 2.21. The van der Waals surface area contributed by atoms with Crippen LogP contribution in [-0.4, -0.2) is 13.1 Å². The summed E-state index contributed by atoms with van der Waals surface area (Å²) in [7, 11) is 2.10. The van der Waals surface area contributed by atoms with Crippen molar-refractivity contribution in [1.82, 2.24) is 5.32 Å². The van der Waals surface area contributed by atoms with Gasteiger partial charge >= 0.3 is 0 Å². The van der Waals surface area contributed by atoms with Crippen molar-refractivity contribution in [2.75, 3.05) is 7.05 Å². The molecule has 0 aromatic heterocycles. The first-order valence-corrected chi connectivity index (χ1v) is 7.69. The number of unbranched alkanes of at least 4 members (excludes halogenated alkanes) is 7. The molecule has 104 valence electrons. The molecule has 17 heavy (non-hydrogen) atoms. The summed E-state index contributed by atoms with van der Waals surface area (Å²) in [6, 6.07) is 0.669. The average Bonchev–Trinajstić information content (AvgIpc) is 2.25. The summed E-state index contributed by atoms with van der Waals surface area (Å²) in [5, 5.41) is 3.46. The van der Waals surface area contributed by atoms with Gasteiger partial charge in [0.15, 0.2) is 0 Å². The number of hydrogen-bond acceptors (Lipinski definition) is 1. The zero-order chi connectivity index (χ0) is 13.1. The second-order valence-corrected chi connectivity index (χ2v) is 6.47. The Labute approximate surface area is 110 Å². The molecule has 0 rings (SSSR count). The molecule has 0 saturated heterocycles. The summed E-state index contributed by atoms with van der Waals surface area (Å²) >= 11 is 0. The van der Waals surface area contributed by atoms with E-state index in [1.54, 1.807) is 0 Å². The van der Waals surface area contributed by atoms with Crippen molar-refractivity contribution in [3.05, 3.63) is 0 Å². The average molecular weight is 241 g/mol. The van der Waals surface area contributed by atoms with E-state index in [9.17, 15) is 0 Å². The molecule has 0 amide bonds. The topological polar surface area (TPSA) is 12.0 Å². The van der Waals surface area contributed by atoms with Gasteiger partial charge in [0.25, 0.3) is 0 Å². The number of hydrogen-bond donors (Lipinski definition) is 1. The van der Waals surface area contributed by atoms with Gasteiger partial charge in [0.1, 0.15) is 0 Å². The summed E-state index contributed by atoms with van der Waals surface area (Å²) in [5.74, 6) is 0. The molecule has 0 heterocycles. The Balaban J connectivity index is 3.38. The first-order chi connectivity index (χ1) is 8.02. The van der Waals surface area contributed by atoms with Gasteiger partial charge in [-0.15, -0.1) is 0 Å². The third kappa shape index (κ3) is 9.64. The smallest absolute Gasteiger partial charge is 0.0113 e. The van der Waals surface area contributed by atoms with Gasteiger partial charge in [-0.05, 0) is 18.9 Å². The molecule has 1 nitrogen and oxygen atoms in total. The molecule has 0 fully saturated rings. The van der Waals surface area contributed by atoms with Gasteiger partial charge in [-0.1, -0.05) is 79.1 Å². The molecule has 0 aromatic rings. The molecule has 0 radical (unpaired) electrons. The summed E-state index contributed by atoms with van der Waals surface area (Å²) in [6.07, 6.45) is 12.7. The van der Waals surface area contributed by atoms with Crippen molar-refractivity contribution in [2.45, 2.75) is 91.5 Å². The van der Waals surface area contributed by atoms with Crippen LogP contribution >= 0.6 is 0 Å². The van der Waals surface area contributed by atoms with E-state index in [4.69, 9.17) is 0 Å². The van der Waals surface area contributed by atoms with Gasteiger partial charge in [-0.3, -0.25) is 0 Å². The van der Waals surface area contributed by atoms with Crippen LogP contribution < -0.4 is 5.32 Å². The van der Waals surface area contributed by atoms with Crippen LogP contribution in [0.15, 0.2) is 0 Å². The maximum absolute atomic E-state index is 3.46. The molecule has 0 aromatic carbocycles. The SMILES string of the molecule is CCCCCCCCCCC(NC)C(C)(C)C. The Morgan fingerprint density at radius 1 is 0.824 bits per heavy atom. The van der Waals surface area contributed by atoms with Crippen molar-refractivity contribution >= 4 is 0 Å². The minimum atomic E-state index is 0.399. The van der Waals surface area contributed by atoms with Crippen molar-refractivity contribution in [2.24, 2.45) is 5.41 Å².